The fraction of sp³-hybridized carbons (Fsp3) is 0.625. The summed E-state index contributed by atoms with van der Waals surface area (Å²) in [6, 6.07) is 6.90. The van der Waals surface area contributed by atoms with Crippen LogP contribution in [0.3, 0.4) is 0 Å². The highest BCUT2D eigenvalue weighted by Gasteiger charge is 2.54. The van der Waals surface area contributed by atoms with Crippen LogP contribution in [0.5, 0.6) is 0 Å². The van der Waals surface area contributed by atoms with Gasteiger partial charge in [0.05, 0.1) is 12.7 Å². The van der Waals surface area contributed by atoms with Crippen molar-refractivity contribution in [2.75, 3.05) is 0 Å². The third-order valence-corrected chi connectivity index (χ3v) is 6.15. The monoisotopic (exact) mass is 326 g/mol. The fourth-order valence-electron chi connectivity index (χ4n) is 3.58. The minimum Gasteiger partial charge on any atom is -0.373 e. The number of hydrogen-bond donors (Lipinski definition) is 0. The summed E-state index contributed by atoms with van der Waals surface area (Å²) in [6.07, 6.45) is 7.84. The second kappa shape index (κ2) is 5.53. The maximum Gasteiger partial charge on any atom is 0.128 e. The second-order valence-electron chi connectivity index (χ2n) is 5.89. The van der Waals surface area contributed by atoms with Crippen LogP contribution in [0.4, 0.5) is 4.39 Å². The first-order valence-corrected chi connectivity index (χ1v) is 8.13. The maximum atomic E-state index is 13.6. The molecular formula is C16H20BrFO. The molecule has 1 spiro atoms. The van der Waals surface area contributed by atoms with E-state index < -0.39 is 0 Å². The van der Waals surface area contributed by atoms with Gasteiger partial charge in [0.1, 0.15) is 5.82 Å². The van der Waals surface area contributed by atoms with Crippen LogP contribution in [0.1, 0.15) is 44.1 Å². The summed E-state index contributed by atoms with van der Waals surface area (Å²) in [5.74, 6) is -0.157. The van der Waals surface area contributed by atoms with E-state index in [1.165, 1.54) is 38.2 Å². The maximum absolute atomic E-state index is 13.6. The minimum atomic E-state index is -0.157. The first kappa shape index (κ1) is 13.6. The molecule has 0 amide bonds. The molecule has 0 heterocycles. The summed E-state index contributed by atoms with van der Waals surface area (Å²) in [4.78, 5) is 0.589. The highest BCUT2D eigenvalue weighted by molar-refractivity contribution is 9.09. The van der Waals surface area contributed by atoms with Crippen LogP contribution in [0.15, 0.2) is 24.3 Å². The number of ether oxygens (including phenoxy) is 1. The molecule has 0 aromatic heterocycles. The van der Waals surface area contributed by atoms with E-state index in [4.69, 9.17) is 4.74 Å². The van der Waals surface area contributed by atoms with Crippen LogP contribution in [0.25, 0.3) is 0 Å². The Morgan fingerprint density at radius 2 is 1.95 bits per heavy atom. The predicted octanol–water partition coefficient (Wildman–Crippen LogP) is 4.83. The van der Waals surface area contributed by atoms with Crippen molar-refractivity contribution in [3.8, 4) is 0 Å². The Bertz CT molecular complexity index is 442. The molecule has 0 aliphatic heterocycles. The van der Waals surface area contributed by atoms with E-state index in [-0.39, 0.29) is 5.82 Å². The SMILES string of the molecule is Fc1ccccc1COC1CC(Br)C12CCCCC2. The van der Waals surface area contributed by atoms with Crippen LogP contribution >= 0.6 is 15.9 Å². The van der Waals surface area contributed by atoms with Gasteiger partial charge in [-0.1, -0.05) is 53.4 Å². The van der Waals surface area contributed by atoms with Gasteiger partial charge in [-0.25, -0.2) is 4.39 Å². The highest BCUT2D eigenvalue weighted by atomic mass is 79.9. The second-order valence-corrected chi connectivity index (χ2v) is 6.99. The summed E-state index contributed by atoms with van der Waals surface area (Å²) in [7, 11) is 0. The number of alkyl halides is 1. The van der Waals surface area contributed by atoms with Crippen LogP contribution in [0, 0.1) is 11.2 Å². The number of rotatable bonds is 3. The van der Waals surface area contributed by atoms with Gasteiger partial charge >= 0.3 is 0 Å². The molecular weight excluding hydrogens is 307 g/mol. The van der Waals surface area contributed by atoms with Gasteiger partial charge in [0.15, 0.2) is 0 Å². The molecule has 1 nitrogen and oxygen atoms in total. The molecule has 2 unspecified atom stereocenters. The largest absolute Gasteiger partial charge is 0.373 e. The van der Waals surface area contributed by atoms with Crippen molar-refractivity contribution in [1.82, 2.24) is 0 Å². The van der Waals surface area contributed by atoms with Gasteiger partial charge < -0.3 is 4.74 Å². The Morgan fingerprint density at radius 3 is 2.63 bits per heavy atom. The van der Waals surface area contributed by atoms with Crippen LogP contribution in [-0.4, -0.2) is 10.9 Å². The van der Waals surface area contributed by atoms with Gasteiger partial charge in [-0.15, -0.1) is 0 Å². The molecule has 0 saturated heterocycles. The fourth-order valence-corrected chi connectivity index (χ4v) is 4.68. The van der Waals surface area contributed by atoms with E-state index in [2.05, 4.69) is 15.9 Å². The lowest BCUT2D eigenvalue weighted by Crippen LogP contribution is -2.56. The lowest BCUT2D eigenvalue weighted by Gasteiger charge is -2.55. The van der Waals surface area contributed by atoms with Crippen molar-refractivity contribution in [2.24, 2.45) is 5.41 Å². The molecule has 1 aromatic rings. The van der Waals surface area contributed by atoms with E-state index in [0.717, 1.165) is 6.42 Å². The number of halogens is 2. The first-order chi connectivity index (χ1) is 9.22. The van der Waals surface area contributed by atoms with Crippen molar-refractivity contribution in [3.63, 3.8) is 0 Å². The Labute approximate surface area is 122 Å². The third kappa shape index (κ3) is 2.47. The molecule has 2 aliphatic carbocycles. The molecule has 0 bridgehead atoms. The molecule has 3 heteroatoms. The van der Waals surface area contributed by atoms with Crippen molar-refractivity contribution >= 4 is 15.9 Å². The van der Waals surface area contributed by atoms with Crippen molar-refractivity contribution in [1.29, 1.82) is 0 Å². The van der Waals surface area contributed by atoms with Crippen molar-refractivity contribution in [3.05, 3.63) is 35.6 Å². The Morgan fingerprint density at radius 1 is 1.21 bits per heavy atom. The van der Waals surface area contributed by atoms with E-state index in [0.29, 0.717) is 28.5 Å². The molecule has 104 valence electrons. The normalized spacial score (nSPS) is 29.2. The average molecular weight is 327 g/mol. The quantitative estimate of drug-likeness (QED) is 0.723. The zero-order valence-corrected chi connectivity index (χ0v) is 12.7. The van der Waals surface area contributed by atoms with Gasteiger partial charge in [0.25, 0.3) is 0 Å². The number of benzene rings is 1. The van der Waals surface area contributed by atoms with Crippen LogP contribution in [-0.2, 0) is 11.3 Å². The standard InChI is InChI=1S/C16H20BrFO/c17-14-10-15(16(14)8-4-1-5-9-16)19-11-12-6-2-3-7-13(12)18/h2-3,6-7,14-15H,1,4-5,8-11H2. The van der Waals surface area contributed by atoms with Gasteiger partial charge in [0.2, 0.25) is 0 Å². The number of hydrogen-bond acceptors (Lipinski definition) is 1. The zero-order valence-electron chi connectivity index (χ0n) is 11.1. The van der Waals surface area contributed by atoms with Crippen molar-refractivity contribution < 1.29 is 9.13 Å². The topological polar surface area (TPSA) is 9.23 Å². The van der Waals surface area contributed by atoms with Gasteiger partial charge in [-0.2, -0.15) is 0 Å². The predicted molar refractivity (Wildman–Crippen MR) is 77.8 cm³/mol. The highest BCUT2D eigenvalue weighted by Crippen LogP contribution is 2.56. The molecule has 0 N–H and O–H groups in total. The Hall–Kier alpha value is -0.410. The summed E-state index contributed by atoms with van der Waals surface area (Å²) >= 11 is 3.81. The first-order valence-electron chi connectivity index (χ1n) is 7.21. The molecule has 19 heavy (non-hydrogen) atoms. The van der Waals surface area contributed by atoms with Gasteiger partial charge in [0, 0.05) is 15.8 Å². The summed E-state index contributed by atoms with van der Waals surface area (Å²) in [5, 5.41) is 0. The van der Waals surface area contributed by atoms with Gasteiger partial charge in [-0.05, 0) is 25.3 Å². The molecule has 2 saturated carbocycles. The van der Waals surface area contributed by atoms with E-state index >= 15 is 0 Å². The van der Waals surface area contributed by atoms with Crippen LogP contribution < -0.4 is 0 Å². The Kier molecular flexibility index (Phi) is 3.95. The molecule has 1 aromatic carbocycles. The van der Waals surface area contributed by atoms with Gasteiger partial charge in [-0.3, -0.25) is 0 Å². The molecule has 2 aliphatic rings. The smallest absolute Gasteiger partial charge is 0.128 e. The van der Waals surface area contributed by atoms with E-state index in [1.54, 1.807) is 6.07 Å². The van der Waals surface area contributed by atoms with E-state index in [9.17, 15) is 4.39 Å². The summed E-state index contributed by atoms with van der Waals surface area (Å²) in [6.45, 7) is 0.402. The average Bonchev–Trinajstić information content (AvgIpc) is 2.46. The molecule has 2 atom stereocenters. The lowest BCUT2D eigenvalue weighted by molar-refractivity contribution is -0.128. The van der Waals surface area contributed by atoms with Crippen LogP contribution in [0.2, 0.25) is 0 Å². The lowest BCUT2D eigenvalue weighted by atomic mass is 9.58. The Balaban J connectivity index is 1.63. The molecule has 3 rings (SSSR count). The molecule has 0 radical (unpaired) electrons. The summed E-state index contributed by atoms with van der Waals surface area (Å²) in [5.41, 5.74) is 0.996. The van der Waals surface area contributed by atoms with Crippen molar-refractivity contribution in [2.45, 2.75) is 56.1 Å². The zero-order chi connectivity index (χ0) is 13.3. The minimum absolute atomic E-state index is 0.157. The van der Waals surface area contributed by atoms with E-state index in [1.807, 2.05) is 12.1 Å². The third-order valence-electron chi connectivity index (χ3n) is 4.87. The molecule has 2 fully saturated rings. The summed E-state index contributed by atoms with van der Waals surface area (Å²) < 4.78 is 19.6.